The maximum atomic E-state index is 11.3. The summed E-state index contributed by atoms with van der Waals surface area (Å²) >= 11 is 0. The molecule has 0 radical (unpaired) electrons. The predicted octanol–water partition coefficient (Wildman–Crippen LogP) is -9.68. The van der Waals surface area contributed by atoms with Crippen LogP contribution in [0.25, 0.3) is 0 Å². The molecule has 51 heteroatoms. The van der Waals surface area contributed by atoms with E-state index in [0.717, 1.165) is 0 Å². The standard InChI is InChI=1S/C11H20N4O6.C10H18N4O5.C8H18N4O2.C7H14N4O3.C7H15N3O2.C6H11N3O3.C5H15N4O3P/c12-11(13)14-4-1-2-7(9(17)18)15-8(10(19)20)3-5-21-6-16;11-10(12)13-5-1-2-6(9(18)19)14-7(15)3-4-8(16)17;1-11-5-7(10)12-4-2-3-6(9)8(13)14;8-5(6(13)14)2-1-3-10-7(9)11-4-12;1-5(8)10-4-2-3-6(9)7(11)12;7-6(8)9-3-1-2-4(10)5(11)12;6-4(13(10,11)12)2-1-3-9-5(7)8/h6-8,15H,1-5H2,(H,17,18)(H,19,20)(H4,12,13,14);6H,1-5H2,(H,14,15)(H,16,17)(H,18,19)(H4,11,12,13);6,11H,2-5,9H2,1H3,(H2,10,12)(H,13,14);4-5H,1-3,8H2,(H,13,14)(H3,9,10,11,12);6H,2-4,9H2,1H3,(H2,8,10)(H,11,12);1-3H2,(H,11,12)(H4,7,8,9);4H,1-3,6H2,(H4,7,8,9)(H2,10,11,12). The lowest BCUT2D eigenvalue weighted by Crippen LogP contribution is -2.47. The van der Waals surface area contributed by atoms with Crippen molar-refractivity contribution >= 4 is 121 Å². The van der Waals surface area contributed by atoms with Gasteiger partial charge in [-0.25, -0.2) is 9.59 Å². The molecule has 0 aliphatic heterocycles. The number of nitrogens with zero attached hydrogens (tertiary/aromatic N) is 7. The summed E-state index contributed by atoms with van der Waals surface area (Å²) in [5.41, 5.74) is 77.5. The van der Waals surface area contributed by atoms with Crippen LogP contribution in [-0.2, 0) is 66.8 Å². The van der Waals surface area contributed by atoms with E-state index in [1.165, 1.54) is 0 Å². The number of hydrogen-bond donors (Lipinski definition) is 29. The first-order valence-electron chi connectivity index (χ1n) is 31.2. The van der Waals surface area contributed by atoms with Crippen molar-refractivity contribution in [2.24, 2.45) is 121 Å². The number of amides is 2. The number of carbonyl (C=O) groups excluding carboxylic acids is 4. The summed E-state index contributed by atoms with van der Waals surface area (Å²) in [4.78, 5) is 169. The monoisotopic (exact) mass is 1540 g/mol. The number of aliphatic imine (C=N–C) groups is 7. The maximum Gasteiger partial charge on any atom is 0.372 e. The van der Waals surface area contributed by atoms with E-state index in [0.29, 0.717) is 115 Å². The van der Waals surface area contributed by atoms with Gasteiger partial charge in [0, 0.05) is 65.1 Å². The Bertz CT molecular complexity index is 2810. The Morgan fingerprint density at radius 3 is 1.16 bits per heavy atom. The minimum absolute atomic E-state index is 0.0175. The number of carbonyl (C=O) groups is 12. The van der Waals surface area contributed by atoms with Gasteiger partial charge in [0.1, 0.15) is 47.9 Å². The van der Waals surface area contributed by atoms with Crippen LogP contribution >= 0.6 is 7.60 Å². The Hall–Kier alpha value is -10.8. The number of hydrogen-bond acceptors (Lipinski definition) is 27. The molecule has 0 saturated carbocycles. The molecule has 44 N–H and O–H groups in total. The summed E-state index contributed by atoms with van der Waals surface area (Å²) in [6.45, 7) is 4.85. The van der Waals surface area contributed by atoms with E-state index in [2.05, 4.69) is 61.0 Å². The van der Waals surface area contributed by atoms with E-state index in [1.807, 2.05) is 0 Å². The molecule has 0 rings (SSSR count). The highest BCUT2D eigenvalue weighted by atomic mass is 31.2. The molecule has 0 aliphatic rings. The van der Waals surface area contributed by atoms with Crippen LogP contribution in [0.1, 0.15) is 116 Å². The fourth-order valence-corrected chi connectivity index (χ4v) is 6.86. The predicted molar refractivity (Wildman–Crippen MR) is 384 cm³/mol. The Balaban J connectivity index is -0.000000216. The van der Waals surface area contributed by atoms with Crippen molar-refractivity contribution in [1.29, 1.82) is 0 Å². The molecule has 0 bridgehead atoms. The van der Waals surface area contributed by atoms with Crippen molar-refractivity contribution in [1.82, 2.24) is 21.3 Å². The number of carboxylic acid groups (broad SMARTS) is 8. The summed E-state index contributed by atoms with van der Waals surface area (Å²) in [6, 6.07) is -5.71. The van der Waals surface area contributed by atoms with Crippen molar-refractivity contribution in [3.8, 4) is 0 Å². The summed E-state index contributed by atoms with van der Waals surface area (Å²) in [7, 11) is -2.37. The van der Waals surface area contributed by atoms with Gasteiger partial charge >= 0.3 is 55.4 Å². The average molecular weight is 1540 g/mol. The number of aliphatic carboxylic acids is 8. The fourth-order valence-electron chi connectivity index (χ4n) is 6.34. The van der Waals surface area contributed by atoms with Crippen molar-refractivity contribution in [3.05, 3.63) is 0 Å². The van der Waals surface area contributed by atoms with Gasteiger partial charge in [0.05, 0.1) is 25.4 Å². The normalized spacial score (nSPS) is 12.7. The van der Waals surface area contributed by atoms with Crippen LogP contribution in [-0.4, -0.2) is 272 Å². The van der Waals surface area contributed by atoms with E-state index in [9.17, 15) is 62.1 Å². The minimum Gasteiger partial charge on any atom is -0.481 e. The molecule has 7 unspecified atom stereocenters. The van der Waals surface area contributed by atoms with Gasteiger partial charge in [-0.2, -0.15) is 0 Å². The Kier molecular flexibility index (Phi) is 70.7. The van der Waals surface area contributed by atoms with E-state index in [-0.39, 0.29) is 107 Å². The van der Waals surface area contributed by atoms with E-state index < -0.39 is 109 Å². The zero-order valence-electron chi connectivity index (χ0n) is 58.5. The van der Waals surface area contributed by atoms with Crippen molar-refractivity contribution in [2.75, 3.05) is 66.0 Å². The molecule has 0 heterocycles. The topological polar surface area (TPSA) is 958 Å². The van der Waals surface area contributed by atoms with E-state index >= 15 is 0 Å². The number of Topliss-reactive ketones (excluding diaryl/α,β-unsaturated/α-hetero) is 1. The number of guanidine groups is 5. The number of nitrogens with two attached hydrogens (primary N) is 15. The zero-order chi connectivity index (χ0) is 82.6. The van der Waals surface area contributed by atoms with Gasteiger partial charge in [0.15, 0.2) is 29.8 Å². The number of ketones is 1. The first-order valence-corrected chi connectivity index (χ1v) is 32.9. The summed E-state index contributed by atoms with van der Waals surface area (Å²) < 4.78 is 14.9. The van der Waals surface area contributed by atoms with Crippen LogP contribution < -0.4 is 107 Å². The molecule has 0 aromatic carbocycles. The van der Waals surface area contributed by atoms with E-state index in [1.54, 1.807) is 14.0 Å². The number of nitrogens with one attached hydrogen (secondary N) is 4. The lowest BCUT2D eigenvalue weighted by molar-refractivity contribution is -0.149. The molecular weight excluding hydrogens is 1430 g/mol. The van der Waals surface area contributed by atoms with E-state index in [4.69, 9.17) is 137 Å². The second kappa shape index (κ2) is 69.0. The highest BCUT2D eigenvalue weighted by Gasteiger charge is 2.26. The second-order valence-electron chi connectivity index (χ2n) is 20.9. The summed E-state index contributed by atoms with van der Waals surface area (Å²) in [5, 5.41) is 78.6. The first-order chi connectivity index (χ1) is 48.8. The van der Waals surface area contributed by atoms with Gasteiger partial charge in [-0.15, -0.1) is 0 Å². The smallest absolute Gasteiger partial charge is 0.372 e. The molecule has 0 spiro atoms. The molecule has 0 aliphatic carbocycles. The van der Waals surface area contributed by atoms with Crippen LogP contribution in [0.3, 0.4) is 0 Å². The van der Waals surface area contributed by atoms with Gasteiger partial charge in [0.25, 0.3) is 6.47 Å². The molecule has 50 nitrogen and oxygen atoms in total. The number of likely N-dealkylation sites (N-methyl/N-ethyl adjacent to an activating group) is 1. The second-order valence-corrected chi connectivity index (χ2v) is 22.8. The third kappa shape index (κ3) is 83.8. The molecular formula is C54H111N26O24P. The molecule has 606 valence electrons. The number of rotatable bonds is 49. The average Bonchev–Trinajstić information content (AvgIpc) is 0.928. The summed E-state index contributed by atoms with van der Waals surface area (Å²) in [6.07, 6.45) is 4.80. The van der Waals surface area contributed by atoms with Crippen molar-refractivity contribution in [2.45, 2.75) is 158 Å². The maximum absolute atomic E-state index is 11.3. The van der Waals surface area contributed by atoms with Crippen molar-refractivity contribution < 1.29 is 117 Å². The first kappa shape index (κ1) is 108. The number of carboxylic acids is 8. The van der Waals surface area contributed by atoms with Crippen LogP contribution in [0.5, 0.6) is 0 Å². The number of ether oxygens (including phenoxy) is 1. The molecule has 0 aromatic rings. The minimum atomic E-state index is -4.15. The third-order valence-corrected chi connectivity index (χ3v) is 12.8. The highest BCUT2D eigenvalue weighted by molar-refractivity contribution is 7.52. The van der Waals surface area contributed by atoms with Crippen LogP contribution in [0, 0.1) is 0 Å². The summed E-state index contributed by atoms with van der Waals surface area (Å²) in [5.74, 6) is -10.9. The van der Waals surface area contributed by atoms with Gasteiger partial charge in [-0.1, -0.05) is 0 Å². The van der Waals surface area contributed by atoms with Crippen LogP contribution in [0.15, 0.2) is 34.9 Å². The fraction of sp³-hybridized carbons (Fsp3) is 0.648. The van der Waals surface area contributed by atoms with Crippen LogP contribution in [0.4, 0.5) is 0 Å². The highest BCUT2D eigenvalue weighted by Crippen LogP contribution is 2.40. The number of amidine groups is 2. The van der Waals surface area contributed by atoms with Gasteiger partial charge in [-0.3, -0.25) is 98.1 Å². The Morgan fingerprint density at radius 1 is 0.457 bits per heavy atom. The van der Waals surface area contributed by atoms with Gasteiger partial charge in [0.2, 0.25) is 18.1 Å². The molecule has 0 aromatic heterocycles. The zero-order valence-corrected chi connectivity index (χ0v) is 59.4. The van der Waals surface area contributed by atoms with Gasteiger partial charge in [-0.05, 0) is 97.4 Å². The Labute approximate surface area is 603 Å². The lowest BCUT2D eigenvalue weighted by atomic mass is 10.1. The van der Waals surface area contributed by atoms with Crippen molar-refractivity contribution in [3.63, 3.8) is 0 Å². The van der Waals surface area contributed by atoms with Gasteiger partial charge < -0.3 is 152 Å². The van der Waals surface area contributed by atoms with Crippen LogP contribution in [0.2, 0.25) is 0 Å². The Morgan fingerprint density at radius 2 is 0.819 bits per heavy atom. The molecule has 105 heavy (non-hydrogen) atoms. The third-order valence-electron chi connectivity index (χ3n) is 11.7. The quantitative estimate of drug-likeness (QED) is 0.00672. The molecule has 7 atom stereocenters. The molecule has 0 fully saturated rings. The molecule has 0 saturated heterocycles. The largest absolute Gasteiger partial charge is 0.481 e. The SMILES string of the molecule is CC(N)=NCCCC(N)C(=O)O.CNCC(N)=NCCCC(N)C(=O)O.NC(=NCCCC(N)C(=O)O)NC=O.NC(N)=NCCCC(=O)C(=O)O.NC(N)=NCCCC(N)P(=O)(O)O.NC(N)=NCCCC(NC(=O)CCC(=O)O)C(=O)O.NC(N)=NCCCC(NC(CCOC=O)C(=O)O)C(=O)O. The molecule has 2 amide bonds. The lowest BCUT2D eigenvalue weighted by Gasteiger charge is -2.19.